The van der Waals surface area contributed by atoms with Gasteiger partial charge in [0.05, 0.1) is 0 Å². The molecule has 0 aliphatic carbocycles. The van der Waals surface area contributed by atoms with Gasteiger partial charge in [-0.3, -0.25) is 4.79 Å². The molecule has 0 heterocycles. The van der Waals surface area contributed by atoms with Crippen LogP contribution in [0.5, 0.6) is 0 Å². The Morgan fingerprint density at radius 3 is 2.11 bits per heavy atom. The second-order valence-corrected chi connectivity index (χ2v) is 1.66. The Morgan fingerprint density at radius 1 is 1.78 bits per heavy atom. The number of rotatable bonds is 2. The van der Waals surface area contributed by atoms with Crippen molar-refractivity contribution in [2.24, 2.45) is 5.73 Å². The molecule has 0 fully saturated rings. The zero-order valence-electron chi connectivity index (χ0n) is 5.13. The lowest BCUT2D eigenvalue weighted by Gasteiger charge is -2.01. The van der Waals surface area contributed by atoms with E-state index < -0.39 is 12.0 Å². The number of nitrogens with two attached hydrogens (primary N) is 1. The minimum atomic E-state index is -1.03. The Morgan fingerprint density at radius 2 is 2.11 bits per heavy atom. The smallest absolute Gasteiger partial charge is 0.324 e. The summed E-state index contributed by atoms with van der Waals surface area (Å²) in [5, 5.41) is 8.17. The van der Waals surface area contributed by atoms with Gasteiger partial charge >= 0.3 is 5.97 Å². The third-order valence-corrected chi connectivity index (χ3v) is 0.797. The highest BCUT2D eigenvalue weighted by Gasteiger charge is 2.09. The molecule has 0 rings (SSSR count). The molecule has 0 aromatic carbocycles. The lowest BCUT2D eigenvalue weighted by atomic mass is 10.2. The zero-order valence-corrected chi connectivity index (χ0v) is 5.94. The van der Waals surface area contributed by atoms with Crippen LogP contribution >= 0.6 is 12.4 Å². The third kappa shape index (κ3) is 4.00. The average Bonchev–Trinajstić information content (AvgIpc) is 1.64. The van der Waals surface area contributed by atoms with Crippen molar-refractivity contribution in [3.8, 4) is 0 Å². The van der Waals surface area contributed by atoms with Crippen LogP contribution in [-0.4, -0.2) is 17.1 Å². The molecule has 0 aliphatic heterocycles. The zero-order chi connectivity index (χ0) is 6.73. The predicted molar refractivity (Wildman–Crippen MR) is 37.7 cm³/mol. The second-order valence-electron chi connectivity index (χ2n) is 1.66. The Hall–Kier alpha value is -0.540. The highest BCUT2D eigenvalue weighted by Crippen LogP contribution is 1.91. The fraction of sp³-hybridized carbons (Fsp3) is 0.400. The first-order valence-corrected chi connectivity index (χ1v) is 2.19. The molecule has 3 nitrogen and oxygen atoms in total. The Balaban J connectivity index is 0. The Labute approximate surface area is 60.0 Å². The van der Waals surface area contributed by atoms with Crippen LogP contribution in [0.3, 0.4) is 0 Å². The van der Waals surface area contributed by atoms with E-state index in [4.69, 9.17) is 10.8 Å². The second kappa shape index (κ2) is 4.35. The van der Waals surface area contributed by atoms with Crippen molar-refractivity contribution in [2.75, 3.05) is 0 Å². The van der Waals surface area contributed by atoms with Crippen LogP contribution in [0.4, 0.5) is 0 Å². The molecule has 0 amide bonds. The van der Waals surface area contributed by atoms with Gasteiger partial charge in [0.2, 0.25) is 0 Å². The fourth-order valence-electron chi connectivity index (χ4n) is 0.211. The summed E-state index contributed by atoms with van der Waals surface area (Å²) in [4.78, 5) is 9.95. The lowest BCUT2D eigenvalue weighted by molar-refractivity contribution is -0.137. The topological polar surface area (TPSA) is 63.3 Å². The number of hydrogen-bond acceptors (Lipinski definition) is 2. The molecular formula is C5H10ClNO2. The summed E-state index contributed by atoms with van der Waals surface area (Å²) in [6, 6.07) is -0.907. The highest BCUT2D eigenvalue weighted by atomic mass is 35.5. The molecule has 0 saturated heterocycles. The van der Waals surface area contributed by atoms with E-state index in [0.29, 0.717) is 5.57 Å². The largest absolute Gasteiger partial charge is 0.480 e. The van der Waals surface area contributed by atoms with Gasteiger partial charge < -0.3 is 10.8 Å². The standard InChI is InChI=1S/C5H9NO2.ClH/c1-3(2)4(6)5(7)8;/h4H,1,6H2,2H3,(H,7,8);1H. The minimum Gasteiger partial charge on any atom is -0.480 e. The summed E-state index contributed by atoms with van der Waals surface area (Å²) in [6.07, 6.45) is 0. The molecule has 0 aromatic heterocycles. The Bertz CT molecular complexity index is 110. The van der Waals surface area contributed by atoms with E-state index in [1.165, 1.54) is 0 Å². The molecular weight excluding hydrogens is 142 g/mol. The molecule has 0 aromatic rings. The molecule has 54 valence electrons. The van der Waals surface area contributed by atoms with Gasteiger partial charge in [-0.05, 0) is 6.92 Å². The normalized spacial score (nSPS) is 11.3. The monoisotopic (exact) mass is 151 g/mol. The average molecular weight is 152 g/mol. The van der Waals surface area contributed by atoms with Crippen LogP contribution in [0.25, 0.3) is 0 Å². The maximum absolute atomic E-state index is 9.95. The Kier molecular flexibility index (Phi) is 5.45. The molecule has 0 spiro atoms. The molecule has 0 saturated carbocycles. The number of carboxylic acids is 1. The van der Waals surface area contributed by atoms with Crippen LogP contribution in [0, 0.1) is 0 Å². The van der Waals surface area contributed by atoms with Gasteiger partial charge in [-0.2, -0.15) is 0 Å². The van der Waals surface area contributed by atoms with Gasteiger partial charge in [-0.25, -0.2) is 0 Å². The van der Waals surface area contributed by atoms with E-state index in [0.717, 1.165) is 0 Å². The SMILES string of the molecule is C=C(C)C(N)C(=O)O.Cl. The summed E-state index contributed by atoms with van der Waals surface area (Å²) in [6.45, 7) is 4.95. The van der Waals surface area contributed by atoms with Gasteiger partial charge in [0.15, 0.2) is 0 Å². The van der Waals surface area contributed by atoms with E-state index in [1.807, 2.05) is 0 Å². The first-order valence-electron chi connectivity index (χ1n) is 2.19. The van der Waals surface area contributed by atoms with Crippen molar-refractivity contribution < 1.29 is 9.90 Å². The molecule has 1 unspecified atom stereocenters. The molecule has 0 radical (unpaired) electrons. The van der Waals surface area contributed by atoms with E-state index >= 15 is 0 Å². The number of hydrogen-bond donors (Lipinski definition) is 2. The quantitative estimate of drug-likeness (QED) is 0.562. The van der Waals surface area contributed by atoms with Crippen molar-refractivity contribution in [1.29, 1.82) is 0 Å². The van der Waals surface area contributed by atoms with Gasteiger partial charge in [-0.15, -0.1) is 12.4 Å². The third-order valence-electron chi connectivity index (χ3n) is 0.797. The number of aliphatic carboxylic acids is 1. The van der Waals surface area contributed by atoms with Gasteiger partial charge in [0, 0.05) is 0 Å². The molecule has 9 heavy (non-hydrogen) atoms. The summed E-state index contributed by atoms with van der Waals surface area (Å²) < 4.78 is 0. The number of carboxylic acid groups (broad SMARTS) is 1. The summed E-state index contributed by atoms with van der Waals surface area (Å²) in [5.41, 5.74) is 5.53. The maximum Gasteiger partial charge on any atom is 0.324 e. The van der Waals surface area contributed by atoms with Crippen LogP contribution < -0.4 is 5.73 Å². The predicted octanol–water partition coefficient (Wildman–Crippen LogP) is 0.396. The molecule has 0 aliphatic rings. The molecule has 3 N–H and O–H groups in total. The van der Waals surface area contributed by atoms with Gasteiger partial charge in [0.1, 0.15) is 6.04 Å². The highest BCUT2D eigenvalue weighted by molar-refractivity contribution is 5.85. The maximum atomic E-state index is 9.95. The van der Waals surface area contributed by atoms with E-state index in [1.54, 1.807) is 6.92 Å². The van der Waals surface area contributed by atoms with Crippen LogP contribution in [-0.2, 0) is 4.79 Å². The summed E-state index contributed by atoms with van der Waals surface area (Å²) in [5.74, 6) is -1.03. The molecule has 4 heteroatoms. The van der Waals surface area contributed by atoms with Crippen molar-refractivity contribution >= 4 is 18.4 Å². The van der Waals surface area contributed by atoms with E-state index in [9.17, 15) is 4.79 Å². The van der Waals surface area contributed by atoms with Crippen molar-refractivity contribution in [1.82, 2.24) is 0 Å². The molecule has 1 atom stereocenters. The van der Waals surface area contributed by atoms with Crippen LogP contribution in [0.15, 0.2) is 12.2 Å². The fourth-order valence-corrected chi connectivity index (χ4v) is 0.211. The first kappa shape index (κ1) is 11.3. The first-order chi connectivity index (χ1) is 3.55. The molecule has 0 bridgehead atoms. The van der Waals surface area contributed by atoms with E-state index in [-0.39, 0.29) is 12.4 Å². The van der Waals surface area contributed by atoms with Crippen molar-refractivity contribution in [3.63, 3.8) is 0 Å². The van der Waals surface area contributed by atoms with Gasteiger partial charge in [-0.1, -0.05) is 12.2 Å². The van der Waals surface area contributed by atoms with Crippen LogP contribution in [0.1, 0.15) is 6.92 Å². The summed E-state index contributed by atoms with van der Waals surface area (Å²) >= 11 is 0. The summed E-state index contributed by atoms with van der Waals surface area (Å²) in [7, 11) is 0. The lowest BCUT2D eigenvalue weighted by Crippen LogP contribution is -2.30. The minimum absolute atomic E-state index is 0. The van der Waals surface area contributed by atoms with Crippen LogP contribution in [0.2, 0.25) is 0 Å². The van der Waals surface area contributed by atoms with Crippen molar-refractivity contribution in [3.05, 3.63) is 12.2 Å². The van der Waals surface area contributed by atoms with Crippen molar-refractivity contribution in [2.45, 2.75) is 13.0 Å². The van der Waals surface area contributed by atoms with E-state index in [2.05, 4.69) is 6.58 Å². The van der Waals surface area contributed by atoms with Gasteiger partial charge in [0.25, 0.3) is 0 Å². The number of halogens is 1. The number of carbonyl (C=O) groups is 1.